The summed E-state index contributed by atoms with van der Waals surface area (Å²) in [7, 11) is 1.41. The number of benzene rings is 2. The van der Waals surface area contributed by atoms with E-state index in [-0.39, 0.29) is 5.97 Å². The van der Waals surface area contributed by atoms with Crippen LogP contribution in [0.1, 0.15) is 97.8 Å². The Kier molecular flexibility index (Phi) is 11.7. The molecule has 168 valence electrons. The normalized spacial score (nSPS) is 11.2. The van der Waals surface area contributed by atoms with Crippen LogP contribution in [0.4, 0.5) is 0 Å². The van der Waals surface area contributed by atoms with Crippen molar-refractivity contribution < 1.29 is 9.53 Å². The fourth-order valence-corrected chi connectivity index (χ4v) is 4.35. The van der Waals surface area contributed by atoms with Crippen LogP contribution in [0.2, 0.25) is 0 Å². The molecule has 0 N–H and O–H groups in total. The van der Waals surface area contributed by atoms with Gasteiger partial charge in [-0.1, -0.05) is 98.7 Å². The van der Waals surface area contributed by atoms with E-state index in [4.69, 9.17) is 4.74 Å². The summed E-state index contributed by atoms with van der Waals surface area (Å²) in [4.78, 5) is 11.6. The minimum Gasteiger partial charge on any atom is -0.465 e. The molecule has 0 saturated heterocycles. The van der Waals surface area contributed by atoms with Gasteiger partial charge < -0.3 is 4.74 Å². The Bertz CT molecular complexity index is 837. The highest BCUT2D eigenvalue weighted by molar-refractivity contribution is 9.10. The first kappa shape index (κ1) is 25.4. The lowest BCUT2D eigenvalue weighted by Gasteiger charge is -2.12. The molecule has 0 saturated carbocycles. The van der Waals surface area contributed by atoms with Crippen molar-refractivity contribution >= 4 is 34.1 Å². The summed E-state index contributed by atoms with van der Waals surface area (Å²) in [5.74, 6) is -0.300. The van der Waals surface area contributed by atoms with Crippen molar-refractivity contribution in [2.75, 3.05) is 7.11 Å². The Morgan fingerprint density at radius 3 is 2.03 bits per heavy atom. The van der Waals surface area contributed by atoms with E-state index in [2.05, 4.69) is 54.1 Å². The first-order chi connectivity index (χ1) is 15.1. The number of esters is 1. The molecular weight excluding hydrogens is 448 g/mol. The number of methoxy groups -OCH3 is 1. The van der Waals surface area contributed by atoms with Crippen LogP contribution in [0.15, 0.2) is 40.9 Å². The highest BCUT2D eigenvalue weighted by atomic mass is 79.9. The average molecular weight is 486 g/mol. The lowest BCUT2D eigenvalue weighted by Crippen LogP contribution is -2.00. The van der Waals surface area contributed by atoms with Gasteiger partial charge in [-0.25, -0.2) is 4.79 Å². The molecule has 0 unspecified atom stereocenters. The van der Waals surface area contributed by atoms with Crippen LogP contribution in [-0.4, -0.2) is 13.1 Å². The summed E-state index contributed by atoms with van der Waals surface area (Å²) in [5.41, 5.74) is 5.77. The zero-order valence-corrected chi connectivity index (χ0v) is 21.0. The van der Waals surface area contributed by atoms with Crippen LogP contribution < -0.4 is 0 Å². The second kappa shape index (κ2) is 14.2. The molecule has 0 fully saturated rings. The summed E-state index contributed by atoms with van der Waals surface area (Å²) in [5, 5.41) is 0. The van der Waals surface area contributed by atoms with Gasteiger partial charge in [0.15, 0.2) is 0 Å². The van der Waals surface area contributed by atoms with Gasteiger partial charge in [0.05, 0.1) is 12.7 Å². The molecule has 0 amide bonds. The highest BCUT2D eigenvalue weighted by Gasteiger charge is 2.08. The molecule has 3 heteroatoms. The Hall–Kier alpha value is -1.87. The van der Waals surface area contributed by atoms with E-state index in [1.807, 2.05) is 24.3 Å². The molecule has 0 atom stereocenters. The molecule has 2 nitrogen and oxygen atoms in total. The number of hydrogen-bond acceptors (Lipinski definition) is 2. The summed E-state index contributed by atoms with van der Waals surface area (Å²) in [6.45, 7) is 4.51. The van der Waals surface area contributed by atoms with Crippen LogP contribution in [0.25, 0.3) is 12.2 Å². The Morgan fingerprint density at radius 1 is 0.839 bits per heavy atom. The fraction of sp³-hybridized carbons (Fsp3) is 0.464. The second-order valence-electron chi connectivity index (χ2n) is 8.21. The molecular formula is C28H37BrO2. The number of hydrogen-bond donors (Lipinski definition) is 0. The SMILES string of the molecule is CCCCCCc1cc(/C=C/c2ccc(C(=O)OC)cc2)c(CCCCCC)cc1Br. The van der Waals surface area contributed by atoms with Crippen molar-refractivity contribution in [3.8, 4) is 0 Å². The first-order valence-electron chi connectivity index (χ1n) is 11.8. The predicted octanol–water partition coefficient (Wildman–Crippen LogP) is 8.65. The van der Waals surface area contributed by atoms with Crippen molar-refractivity contribution in [3.05, 3.63) is 68.7 Å². The van der Waals surface area contributed by atoms with Gasteiger partial charge in [-0.05, 0) is 66.1 Å². The maximum absolute atomic E-state index is 11.6. The van der Waals surface area contributed by atoms with Crippen molar-refractivity contribution in [3.63, 3.8) is 0 Å². The topological polar surface area (TPSA) is 26.3 Å². The van der Waals surface area contributed by atoms with Gasteiger partial charge in [-0.15, -0.1) is 0 Å². The lowest BCUT2D eigenvalue weighted by molar-refractivity contribution is 0.0600. The van der Waals surface area contributed by atoms with Crippen molar-refractivity contribution in [1.29, 1.82) is 0 Å². The van der Waals surface area contributed by atoms with Gasteiger partial charge in [0.1, 0.15) is 0 Å². The summed E-state index contributed by atoms with van der Waals surface area (Å²) in [6.07, 6.45) is 16.8. The van der Waals surface area contributed by atoms with Crippen molar-refractivity contribution in [2.45, 2.75) is 78.1 Å². The van der Waals surface area contributed by atoms with Crippen LogP contribution in [0, 0.1) is 0 Å². The van der Waals surface area contributed by atoms with Gasteiger partial charge in [0, 0.05) is 4.47 Å². The lowest BCUT2D eigenvalue weighted by atomic mass is 9.95. The molecule has 31 heavy (non-hydrogen) atoms. The molecule has 2 aromatic carbocycles. The van der Waals surface area contributed by atoms with Crippen molar-refractivity contribution in [2.24, 2.45) is 0 Å². The number of rotatable bonds is 13. The molecule has 0 aliphatic carbocycles. The summed E-state index contributed by atoms with van der Waals surface area (Å²) >= 11 is 3.83. The largest absolute Gasteiger partial charge is 0.465 e. The van der Waals surface area contributed by atoms with Crippen LogP contribution in [-0.2, 0) is 17.6 Å². The van der Waals surface area contributed by atoms with Crippen molar-refractivity contribution in [1.82, 2.24) is 0 Å². The minimum atomic E-state index is -0.300. The van der Waals surface area contributed by atoms with E-state index < -0.39 is 0 Å². The molecule has 0 aliphatic rings. The Balaban J connectivity index is 2.20. The van der Waals surface area contributed by atoms with E-state index in [1.54, 1.807) is 0 Å². The number of unbranched alkanes of at least 4 members (excludes halogenated alkanes) is 6. The monoisotopic (exact) mass is 484 g/mol. The van der Waals surface area contributed by atoms with Gasteiger partial charge in [-0.3, -0.25) is 0 Å². The van der Waals surface area contributed by atoms with E-state index in [9.17, 15) is 4.79 Å². The fourth-order valence-electron chi connectivity index (χ4n) is 3.76. The molecule has 0 aromatic heterocycles. The molecule has 0 radical (unpaired) electrons. The quantitative estimate of drug-likeness (QED) is 0.161. The van der Waals surface area contributed by atoms with Gasteiger partial charge in [0.2, 0.25) is 0 Å². The zero-order chi connectivity index (χ0) is 22.5. The zero-order valence-electron chi connectivity index (χ0n) is 19.4. The van der Waals surface area contributed by atoms with Gasteiger partial charge in [0.25, 0.3) is 0 Å². The summed E-state index contributed by atoms with van der Waals surface area (Å²) in [6, 6.07) is 12.3. The van der Waals surface area contributed by atoms with Crippen LogP contribution in [0.3, 0.4) is 0 Å². The number of carbonyl (C=O) groups is 1. The average Bonchev–Trinajstić information content (AvgIpc) is 2.79. The Morgan fingerprint density at radius 2 is 1.45 bits per heavy atom. The number of aryl methyl sites for hydroxylation is 2. The standard InChI is InChI=1S/C28H37BrO2/c1-4-6-8-10-12-24-21-27(29)26(13-11-9-7-5-2)20-25(24)19-16-22-14-17-23(18-15-22)28(30)31-3/h14-21H,4-13H2,1-3H3/b19-16+. The van der Waals surface area contributed by atoms with Crippen LogP contribution in [0.5, 0.6) is 0 Å². The van der Waals surface area contributed by atoms with E-state index >= 15 is 0 Å². The summed E-state index contributed by atoms with van der Waals surface area (Å²) < 4.78 is 6.03. The van der Waals surface area contributed by atoms with Gasteiger partial charge >= 0.3 is 5.97 Å². The molecule has 2 aromatic rings. The van der Waals surface area contributed by atoms with Gasteiger partial charge in [-0.2, -0.15) is 0 Å². The number of ether oxygens (including phenoxy) is 1. The maximum atomic E-state index is 11.6. The molecule has 0 bridgehead atoms. The third-order valence-corrected chi connectivity index (χ3v) is 6.43. The smallest absolute Gasteiger partial charge is 0.337 e. The molecule has 2 rings (SSSR count). The van der Waals surface area contributed by atoms with E-state index in [0.29, 0.717) is 5.56 Å². The first-order valence-corrected chi connectivity index (χ1v) is 12.6. The molecule has 0 aliphatic heterocycles. The Labute approximate surface area is 197 Å². The third kappa shape index (κ3) is 8.65. The third-order valence-electron chi connectivity index (χ3n) is 5.69. The molecule has 0 heterocycles. The molecule has 0 spiro atoms. The van der Waals surface area contributed by atoms with Crippen LogP contribution >= 0.6 is 15.9 Å². The van der Waals surface area contributed by atoms with E-state index in [0.717, 1.165) is 18.4 Å². The predicted molar refractivity (Wildman–Crippen MR) is 137 cm³/mol. The highest BCUT2D eigenvalue weighted by Crippen LogP contribution is 2.27. The van der Waals surface area contributed by atoms with E-state index in [1.165, 1.54) is 79.6 Å². The number of carbonyl (C=O) groups excluding carboxylic acids is 1. The maximum Gasteiger partial charge on any atom is 0.337 e. The minimum absolute atomic E-state index is 0.300. The second-order valence-corrected chi connectivity index (χ2v) is 9.07. The number of halogens is 1.